The van der Waals surface area contributed by atoms with Crippen molar-refractivity contribution in [3.8, 4) is 17.0 Å². The Kier molecular flexibility index (Phi) is 3.56. The fraction of sp³-hybridized carbons (Fsp3) is 0.261. The smallest absolute Gasteiger partial charge is 0.293 e. The molecule has 0 aliphatic carbocycles. The molecule has 2 aliphatic heterocycles. The number of benzene rings is 2. The average molecular weight is 400 g/mol. The maximum Gasteiger partial charge on any atom is 0.293 e. The standard InChI is InChI=1S/C23H20N4O3/c1-26-20-16-7-3-5-9-19(16)29-23(17(20)14-24-26)10-12-27(13-11-23)22(28)21-15-6-2-4-8-18(15)25-30-21/h2-9,14H,10-13H2,1H3. The van der Waals surface area contributed by atoms with E-state index in [4.69, 9.17) is 9.26 Å². The number of hydrogen-bond acceptors (Lipinski definition) is 5. The number of nitrogens with zero attached hydrogens (tertiary/aromatic N) is 4. The average Bonchev–Trinajstić information content (AvgIpc) is 3.39. The molecule has 7 heteroatoms. The number of piperidine rings is 1. The summed E-state index contributed by atoms with van der Waals surface area (Å²) < 4.78 is 13.9. The minimum Gasteiger partial charge on any atom is -0.482 e. The van der Waals surface area contributed by atoms with Crippen molar-refractivity contribution in [3.63, 3.8) is 0 Å². The lowest BCUT2D eigenvalue weighted by molar-refractivity contribution is -0.00273. The molecule has 2 aliphatic rings. The Labute approximate surface area is 172 Å². The van der Waals surface area contributed by atoms with E-state index in [-0.39, 0.29) is 5.91 Å². The van der Waals surface area contributed by atoms with E-state index < -0.39 is 5.60 Å². The maximum absolute atomic E-state index is 13.1. The summed E-state index contributed by atoms with van der Waals surface area (Å²) in [5.74, 6) is 1.05. The number of likely N-dealkylation sites (tertiary alicyclic amines) is 1. The SMILES string of the molecule is Cn1ncc2c1-c1ccccc1OC21CCN(C(=O)c2onc3ccccc23)CC1. The van der Waals surface area contributed by atoms with Crippen LogP contribution in [0.5, 0.6) is 5.75 Å². The molecule has 0 radical (unpaired) electrons. The zero-order valence-corrected chi connectivity index (χ0v) is 16.5. The molecule has 30 heavy (non-hydrogen) atoms. The van der Waals surface area contributed by atoms with Crippen LogP contribution < -0.4 is 4.74 Å². The van der Waals surface area contributed by atoms with Crippen LogP contribution in [0.3, 0.4) is 0 Å². The van der Waals surface area contributed by atoms with Gasteiger partial charge in [-0.05, 0) is 24.3 Å². The highest BCUT2D eigenvalue weighted by Gasteiger charge is 2.46. The number of ether oxygens (including phenoxy) is 1. The largest absolute Gasteiger partial charge is 0.482 e. The van der Waals surface area contributed by atoms with Crippen LogP contribution in [0.2, 0.25) is 0 Å². The van der Waals surface area contributed by atoms with Crippen LogP contribution in [0.25, 0.3) is 22.2 Å². The molecule has 150 valence electrons. The Morgan fingerprint density at radius 2 is 1.83 bits per heavy atom. The predicted molar refractivity (Wildman–Crippen MR) is 110 cm³/mol. The third-order valence-corrected chi connectivity index (χ3v) is 6.31. The summed E-state index contributed by atoms with van der Waals surface area (Å²) in [7, 11) is 1.96. The fourth-order valence-corrected chi connectivity index (χ4v) is 4.74. The van der Waals surface area contributed by atoms with Crippen LogP contribution in [0.4, 0.5) is 0 Å². The second-order valence-corrected chi connectivity index (χ2v) is 7.94. The molecule has 1 saturated heterocycles. The van der Waals surface area contributed by atoms with Gasteiger partial charge < -0.3 is 14.2 Å². The van der Waals surface area contributed by atoms with Gasteiger partial charge in [0, 0.05) is 44.1 Å². The van der Waals surface area contributed by atoms with E-state index in [2.05, 4.69) is 16.3 Å². The lowest BCUT2D eigenvalue weighted by Crippen LogP contribution is -2.49. The summed E-state index contributed by atoms with van der Waals surface area (Å²) in [4.78, 5) is 15.0. The predicted octanol–water partition coefficient (Wildman–Crippen LogP) is 3.75. The monoisotopic (exact) mass is 400 g/mol. The van der Waals surface area contributed by atoms with Crippen LogP contribution in [0.15, 0.2) is 59.3 Å². The molecule has 1 amide bonds. The molecule has 0 unspecified atom stereocenters. The highest BCUT2D eigenvalue weighted by Crippen LogP contribution is 2.49. The van der Waals surface area contributed by atoms with Crippen molar-refractivity contribution >= 4 is 16.8 Å². The van der Waals surface area contributed by atoms with Crippen molar-refractivity contribution < 1.29 is 14.1 Å². The van der Waals surface area contributed by atoms with E-state index in [1.807, 2.05) is 65.3 Å². The van der Waals surface area contributed by atoms with Gasteiger partial charge in [0.25, 0.3) is 5.91 Å². The molecular weight excluding hydrogens is 380 g/mol. The number of rotatable bonds is 1. The van der Waals surface area contributed by atoms with Crippen molar-refractivity contribution in [2.24, 2.45) is 7.05 Å². The highest BCUT2D eigenvalue weighted by molar-refractivity contribution is 6.03. The van der Waals surface area contributed by atoms with E-state index >= 15 is 0 Å². The zero-order valence-electron chi connectivity index (χ0n) is 16.5. The molecule has 4 aromatic rings. The molecule has 0 bridgehead atoms. The molecule has 4 heterocycles. The third kappa shape index (κ3) is 2.35. The normalized spacial score (nSPS) is 16.9. The van der Waals surface area contributed by atoms with Gasteiger partial charge >= 0.3 is 0 Å². The van der Waals surface area contributed by atoms with E-state index in [0.717, 1.165) is 28.0 Å². The Bertz CT molecular complexity index is 1280. The number of amides is 1. The molecule has 0 saturated carbocycles. The van der Waals surface area contributed by atoms with E-state index in [0.29, 0.717) is 37.2 Å². The van der Waals surface area contributed by atoms with Gasteiger partial charge in [0.2, 0.25) is 5.76 Å². The van der Waals surface area contributed by atoms with E-state index in [1.165, 1.54) is 0 Å². The Morgan fingerprint density at radius 3 is 2.70 bits per heavy atom. The van der Waals surface area contributed by atoms with Gasteiger partial charge in [0.05, 0.1) is 17.3 Å². The van der Waals surface area contributed by atoms with Crippen molar-refractivity contribution in [3.05, 3.63) is 66.1 Å². The van der Waals surface area contributed by atoms with Crippen molar-refractivity contribution in [1.82, 2.24) is 19.8 Å². The molecule has 1 spiro atoms. The second-order valence-electron chi connectivity index (χ2n) is 7.94. The molecule has 6 rings (SSSR count). The number of carbonyl (C=O) groups excluding carboxylic acids is 1. The first-order valence-electron chi connectivity index (χ1n) is 10.1. The van der Waals surface area contributed by atoms with Crippen molar-refractivity contribution in [2.75, 3.05) is 13.1 Å². The fourth-order valence-electron chi connectivity index (χ4n) is 4.74. The first kappa shape index (κ1) is 17.3. The molecule has 7 nitrogen and oxygen atoms in total. The van der Waals surface area contributed by atoms with Gasteiger partial charge in [-0.2, -0.15) is 5.10 Å². The lowest BCUT2D eigenvalue weighted by Gasteiger charge is -2.44. The molecule has 0 N–H and O–H groups in total. The summed E-state index contributed by atoms with van der Waals surface area (Å²) >= 11 is 0. The minimum absolute atomic E-state index is 0.124. The number of carbonyl (C=O) groups is 1. The summed E-state index contributed by atoms with van der Waals surface area (Å²) in [5.41, 5.74) is 3.48. The van der Waals surface area contributed by atoms with Gasteiger partial charge in [-0.3, -0.25) is 9.48 Å². The minimum atomic E-state index is -0.474. The first-order valence-corrected chi connectivity index (χ1v) is 10.1. The van der Waals surface area contributed by atoms with Gasteiger partial charge in [-0.15, -0.1) is 0 Å². The molecule has 1 fully saturated rings. The lowest BCUT2D eigenvalue weighted by atomic mass is 9.81. The van der Waals surface area contributed by atoms with Crippen molar-refractivity contribution in [1.29, 1.82) is 0 Å². The molecular formula is C23H20N4O3. The highest BCUT2D eigenvalue weighted by atomic mass is 16.5. The number of aryl methyl sites for hydroxylation is 1. The summed E-state index contributed by atoms with van der Waals surface area (Å²) in [6.07, 6.45) is 3.29. The Hall–Kier alpha value is -3.61. The molecule has 2 aromatic carbocycles. The first-order chi connectivity index (χ1) is 14.7. The number of aromatic nitrogens is 3. The van der Waals surface area contributed by atoms with Gasteiger partial charge in [-0.25, -0.2) is 0 Å². The van der Waals surface area contributed by atoms with Crippen LogP contribution in [-0.4, -0.2) is 38.8 Å². The van der Waals surface area contributed by atoms with Crippen LogP contribution in [-0.2, 0) is 12.6 Å². The summed E-state index contributed by atoms with van der Waals surface area (Å²) in [5, 5.41) is 9.28. The van der Waals surface area contributed by atoms with E-state index in [9.17, 15) is 4.79 Å². The second kappa shape index (κ2) is 6.19. The summed E-state index contributed by atoms with van der Waals surface area (Å²) in [6, 6.07) is 15.6. The zero-order chi connectivity index (χ0) is 20.3. The summed E-state index contributed by atoms with van der Waals surface area (Å²) in [6.45, 7) is 1.15. The number of para-hydroxylation sites is 1. The van der Waals surface area contributed by atoms with Crippen molar-refractivity contribution in [2.45, 2.75) is 18.4 Å². The molecule has 0 atom stereocenters. The third-order valence-electron chi connectivity index (χ3n) is 6.31. The molecule has 2 aromatic heterocycles. The number of hydrogen-bond donors (Lipinski definition) is 0. The maximum atomic E-state index is 13.1. The van der Waals surface area contributed by atoms with Crippen LogP contribution >= 0.6 is 0 Å². The quantitative estimate of drug-likeness (QED) is 0.487. The van der Waals surface area contributed by atoms with Crippen LogP contribution in [0.1, 0.15) is 29.0 Å². The number of fused-ring (bicyclic) bond motifs is 5. The van der Waals surface area contributed by atoms with Gasteiger partial charge in [0.15, 0.2) is 0 Å². The van der Waals surface area contributed by atoms with E-state index in [1.54, 1.807) is 0 Å². The van der Waals surface area contributed by atoms with Gasteiger partial charge in [-0.1, -0.05) is 29.4 Å². The topological polar surface area (TPSA) is 73.4 Å². The Balaban J connectivity index is 1.31. The van der Waals surface area contributed by atoms with Gasteiger partial charge in [0.1, 0.15) is 16.9 Å². The Morgan fingerprint density at radius 1 is 1.07 bits per heavy atom. The van der Waals surface area contributed by atoms with Crippen LogP contribution in [0, 0.1) is 0 Å².